The molecule has 1 heterocycles. The molecule has 0 bridgehead atoms. The van der Waals surface area contributed by atoms with Gasteiger partial charge >= 0.3 is 0 Å². The zero-order valence-electron chi connectivity index (χ0n) is 12.1. The van der Waals surface area contributed by atoms with Gasteiger partial charge in [0.15, 0.2) is 0 Å². The monoisotopic (exact) mass is 310 g/mol. The first-order valence-corrected chi connectivity index (χ1v) is 6.94. The molecular formula is C17H14N2O4. The van der Waals surface area contributed by atoms with Crippen molar-refractivity contribution in [2.75, 3.05) is 5.32 Å². The highest BCUT2D eigenvalue weighted by molar-refractivity contribution is 6.02. The number of aromatic hydroxyl groups is 1. The van der Waals surface area contributed by atoms with Gasteiger partial charge in [0.25, 0.3) is 11.8 Å². The van der Waals surface area contributed by atoms with Gasteiger partial charge in [0, 0.05) is 5.69 Å². The highest BCUT2D eigenvalue weighted by Crippen LogP contribution is 2.17. The number of aromatic nitrogens is 1. The first-order chi connectivity index (χ1) is 11.2. The number of anilines is 1. The minimum Gasteiger partial charge on any atom is -0.508 e. The molecule has 0 aliphatic heterocycles. The lowest BCUT2D eigenvalue weighted by atomic mass is 10.2. The Morgan fingerprint density at radius 1 is 1.13 bits per heavy atom. The Bertz CT molecular complexity index is 782. The van der Waals surface area contributed by atoms with Crippen molar-refractivity contribution in [3.63, 3.8) is 0 Å². The zero-order chi connectivity index (χ0) is 16.1. The largest absolute Gasteiger partial charge is 0.508 e. The molecule has 0 radical (unpaired) electrons. The number of benzene rings is 2. The number of ether oxygens (including phenoxy) is 1. The van der Waals surface area contributed by atoms with Gasteiger partial charge in [0.1, 0.15) is 12.4 Å². The first kappa shape index (κ1) is 14.6. The summed E-state index contributed by atoms with van der Waals surface area (Å²) in [7, 11) is 0. The summed E-state index contributed by atoms with van der Waals surface area (Å²) in [5.41, 5.74) is 1.53. The highest BCUT2D eigenvalue weighted by atomic mass is 16.5. The van der Waals surface area contributed by atoms with Crippen LogP contribution in [-0.2, 0) is 6.61 Å². The number of carbonyl (C=O) groups excluding carboxylic acids is 1. The van der Waals surface area contributed by atoms with Gasteiger partial charge in [-0.05, 0) is 35.0 Å². The molecule has 0 spiro atoms. The molecule has 0 atom stereocenters. The van der Waals surface area contributed by atoms with E-state index in [0.29, 0.717) is 12.3 Å². The fourth-order valence-corrected chi connectivity index (χ4v) is 1.90. The van der Waals surface area contributed by atoms with Crippen molar-refractivity contribution < 1.29 is 19.2 Å². The molecule has 6 nitrogen and oxygen atoms in total. The van der Waals surface area contributed by atoms with Gasteiger partial charge in [-0.1, -0.05) is 30.3 Å². The fraction of sp³-hybridized carbons (Fsp3) is 0.0588. The summed E-state index contributed by atoms with van der Waals surface area (Å²) in [5, 5.41) is 15.5. The molecule has 0 aliphatic rings. The third-order valence-electron chi connectivity index (χ3n) is 3.07. The standard InChI is InChI=1S/C17H14N2O4/c20-14-8-6-13(7-9-14)18-17(21)15-10-16(19-23-15)22-11-12-4-2-1-3-5-12/h1-10,20H,11H2,(H,18,21). The molecule has 0 saturated heterocycles. The van der Waals surface area contributed by atoms with E-state index in [9.17, 15) is 9.90 Å². The van der Waals surface area contributed by atoms with Gasteiger partial charge in [-0.15, -0.1) is 0 Å². The smallest absolute Gasteiger partial charge is 0.294 e. The number of nitrogens with one attached hydrogen (secondary N) is 1. The van der Waals surface area contributed by atoms with Crippen LogP contribution >= 0.6 is 0 Å². The summed E-state index contributed by atoms with van der Waals surface area (Å²) in [6.07, 6.45) is 0. The number of rotatable bonds is 5. The Kier molecular flexibility index (Phi) is 4.24. The van der Waals surface area contributed by atoms with Crippen LogP contribution < -0.4 is 10.1 Å². The zero-order valence-corrected chi connectivity index (χ0v) is 12.1. The van der Waals surface area contributed by atoms with Crippen LogP contribution in [-0.4, -0.2) is 16.2 Å². The predicted octanol–water partition coefficient (Wildman–Crippen LogP) is 3.21. The number of carbonyl (C=O) groups is 1. The van der Waals surface area contributed by atoms with Crippen LogP contribution in [0.15, 0.2) is 65.2 Å². The SMILES string of the molecule is O=C(Nc1ccc(O)cc1)c1cc(OCc2ccccc2)no1. The Morgan fingerprint density at radius 3 is 2.61 bits per heavy atom. The molecule has 0 saturated carbocycles. The maximum absolute atomic E-state index is 12.0. The second kappa shape index (κ2) is 6.65. The van der Waals surface area contributed by atoms with Crippen LogP contribution in [0.4, 0.5) is 5.69 Å². The summed E-state index contributed by atoms with van der Waals surface area (Å²) >= 11 is 0. The molecule has 0 fully saturated rings. The summed E-state index contributed by atoms with van der Waals surface area (Å²) < 4.78 is 10.4. The average Bonchev–Trinajstić information content (AvgIpc) is 3.05. The van der Waals surface area contributed by atoms with Crippen LogP contribution in [0.1, 0.15) is 16.1 Å². The Morgan fingerprint density at radius 2 is 1.87 bits per heavy atom. The Hall–Kier alpha value is -3.28. The van der Waals surface area contributed by atoms with Crippen LogP contribution in [0, 0.1) is 0 Å². The Labute approximate surface area is 132 Å². The van der Waals surface area contributed by atoms with Crippen molar-refractivity contribution in [1.29, 1.82) is 0 Å². The fourth-order valence-electron chi connectivity index (χ4n) is 1.90. The number of hydrogen-bond donors (Lipinski definition) is 2. The number of amides is 1. The van der Waals surface area contributed by atoms with Gasteiger partial charge in [0.2, 0.25) is 5.76 Å². The summed E-state index contributed by atoms with van der Waals surface area (Å²) in [5.74, 6) is -0.0390. The topological polar surface area (TPSA) is 84.6 Å². The van der Waals surface area contributed by atoms with Crippen molar-refractivity contribution in [2.24, 2.45) is 0 Å². The maximum atomic E-state index is 12.0. The van der Waals surface area contributed by atoms with Gasteiger partial charge in [-0.25, -0.2) is 0 Å². The van der Waals surface area contributed by atoms with Gasteiger partial charge in [0.05, 0.1) is 6.07 Å². The number of phenolic OH excluding ortho intramolecular Hbond substituents is 1. The molecule has 3 rings (SSSR count). The second-order valence-corrected chi connectivity index (χ2v) is 4.80. The molecular weight excluding hydrogens is 296 g/mol. The van der Waals surface area contributed by atoms with E-state index in [2.05, 4.69) is 10.5 Å². The minimum absolute atomic E-state index is 0.0427. The van der Waals surface area contributed by atoms with Gasteiger partial charge in [-0.3, -0.25) is 4.79 Å². The van der Waals surface area contributed by atoms with E-state index < -0.39 is 5.91 Å². The lowest BCUT2D eigenvalue weighted by Crippen LogP contribution is -2.10. The molecule has 116 valence electrons. The number of phenols is 1. The third kappa shape index (κ3) is 3.88. The van der Waals surface area contributed by atoms with Gasteiger partial charge < -0.3 is 19.7 Å². The van der Waals surface area contributed by atoms with Crippen molar-refractivity contribution in [3.05, 3.63) is 72.0 Å². The molecule has 2 aromatic carbocycles. The van der Waals surface area contributed by atoms with Crippen molar-refractivity contribution >= 4 is 11.6 Å². The molecule has 23 heavy (non-hydrogen) atoms. The van der Waals surface area contributed by atoms with Crippen molar-refractivity contribution in [3.8, 4) is 11.6 Å². The lowest BCUT2D eigenvalue weighted by Gasteiger charge is -2.02. The number of hydrogen-bond acceptors (Lipinski definition) is 5. The van der Waals surface area contributed by atoms with E-state index in [1.54, 1.807) is 12.1 Å². The van der Waals surface area contributed by atoms with E-state index in [0.717, 1.165) is 5.56 Å². The van der Waals surface area contributed by atoms with E-state index >= 15 is 0 Å². The average molecular weight is 310 g/mol. The van der Waals surface area contributed by atoms with E-state index in [1.165, 1.54) is 18.2 Å². The molecule has 1 amide bonds. The van der Waals surface area contributed by atoms with Gasteiger partial charge in [-0.2, -0.15) is 0 Å². The normalized spacial score (nSPS) is 10.3. The Balaban J connectivity index is 1.59. The highest BCUT2D eigenvalue weighted by Gasteiger charge is 2.14. The predicted molar refractivity (Wildman–Crippen MR) is 83.3 cm³/mol. The van der Waals surface area contributed by atoms with E-state index in [4.69, 9.17) is 9.26 Å². The first-order valence-electron chi connectivity index (χ1n) is 6.94. The summed E-state index contributed by atoms with van der Waals surface area (Å²) in [4.78, 5) is 12.0. The molecule has 3 aromatic rings. The third-order valence-corrected chi connectivity index (χ3v) is 3.07. The van der Waals surface area contributed by atoms with Crippen molar-refractivity contribution in [2.45, 2.75) is 6.61 Å². The quantitative estimate of drug-likeness (QED) is 0.707. The van der Waals surface area contributed by atoms with E-state index in [-0.39, 0.29) is 17.4 Å². The summed E-state index contributed by atoms with van der Waals surface area (Å²) in [6, 6.07) is 17.2. The van der Waals surface area contributed by atoms with Crippen LogP contribution in [0.2, 0.25) is 0 Å². The van der Waals surface area contributed by atoms with E-state index in [1.807, 2.05) is 30.3 Å². The molecule has 6 heteroatoms. The maximum Gasteiger partial charge on any atom is 0.294 e. The molecule has 0 aliphatic carbocycles. The lowest BCUT2D eigenvalue weighted by molar-refractivity contribution is 0.0987. The molecule has 2 N–H and O–H groups in total. The summed E-state index contributed by atoms with van der Waals surface area (Å²) in [6.45, 7) is 0.340. The van der Waals surface area contributed by atoms with Crippen LogP contribution in [0.3, 0.4) is 0 Å². The minimum atomic E-state index is -0.447. The van der Waals surface area contributed by atoms with Crippen LogP contribution in [0.25, 0.3) is 0 Å². The number of nitrogens with zero attached hydrogens (tertiary/aromatic N) is 1. The second-order valence-electron chi connectivity index (χ2n) is 4.80. The molecule has 1 aromatic heterocycles. The van der Waals surface area contributed by atoms with Crippen molar-refractivity contribution in [1.82, 2.24) is 5.16 Å². The molecule has 0 unspecified atom stereocenters. The van der Waals surface area contributed by atoms with Crippen LogP contribution in [0.5, 0.6) is 11.6 Å².